The number of aromatic nitrogens is 2. The van der Waals surface area contributed by atoms with E-state index in [9.17, 15) is 9.59 Å². The van der Waals surface area contributed by atoms with Crippen LogP contribution in [0.2, 0.25) is 0 Å². The van der Waals surface area contributed by atoms with Crippen molar-refractivity contribution in [2.75, 3.05) is 20.2 Å². The van der Waals surface area contributed by atoms with Gasteiger partial charge in [0.15, 0.2) is 0 Å². The number of H-pyrrole nitrogens is 1. The maximum Gasteiger partial charge on any atom is 0.410 e. The molecule has 146 valence electrons. The fourth-order valence-electron chi connectivity index (χ4n) is 3.34. The number of carbonyl (C=O) groups excluding carboxylic acids is 1. The Hall–Kier alpha value is -2.70. The third-order valence-corrected chi connectivity index (χ3v) is 4.65. The van der Waals surface area contributed by atoms with Gasteiger partial charge in [-0.25, -0.2) is 9.59 Å². The molecule has 2 aromatic rings. The number of imidazole rings is 1. The lowest BCUT2D eigenvalue weighted by atomic mass is 10.1. The van der Waals surface area contributed by atoms with Crippen LogP contribution in [0.15, 0.2) is 35.3 Å². The van der Waals surface area contributed by atoms with Crippen molar-refractivity contribution in [1.29, 1.82) is 0 Å². The molecule has 2 heterocycles. The molecule has 7 nitrogen and oxygen atoms in total. The summed E-state index contributed by atoms with van der Waals surface area (Å²) in [4.78, 5) is 29.3. The van der Waals surface area contributed by atoms with Crippen molar-refractivity contribution in [3.05, 3.63) is 40.9 Å². The van der Waals surface area contributed by atoms with Crippen LogP contribution in [0.1, 0.15) is 39.7 Å². The van der Waals surface area contributed by atoms with E-state index in [4.69, 9.17) is 9.47 Å². The van der Waals surface area contributed by atoms with Gasteiger partial charge in [0.2, 0.25) is 0 Å². The first-order valence-electron chi connectivity index (χ1n) is 9.21. The van der Waals surface area contributed by atoms with Gasteiger partial charge < -0.3 is 19.4 Å². The molecule has 0 saturated carbocycles. The van der Waals surface area contributed by atoms with Crippen LogP contribution in [0.3, 0.4) is 0 Å². The SMILES string of the molecule is COc1ccccc1-c1cn(C2CCN(C(=O)OC(C)(C)C)CC2)c(=O)[nH]1. The van der Waals surface area contributed by atoms with Crippen molar-refractivity contribution < 1.29 is 14.3 Å². The van der Waals surface area contributed by atoms with Crippen LogP contribution in [0.5, 0.6) is 5.75 Å². The average molecular weight is 373 g/mol. The molecular formula is C20H27N3O4. The molecule has 1 aromatic carbocycles. The van der Waals surface area contributed by atoms with Gasteiger partial charge in [0.05, 0.1) is 12.8 Å². The van der Waals surface area contributed by atoms with Gasteiger partial charge in [-0.3, -0.25) is 4.57 Å². The molecule has 7 heteroatoms. The quantitative estimate of drug-likeness (QED) is 0.894. The Morgan fingerprint density at radius 1 is 1.19 bits per heavy atom. The second kappa shape index (κ2) is 7.50. The van der Waals surface area contributed by atoms with E-state index in [1.807, 2.05) is 51.2 Å². The van der Waals surface area contributed by atoms with Crippen LogP contribution < -0.4 is 10.4 Å². The van der Waals surface area contributed by atoms with Crippen molar-refractivity contribution in [3.8, 4) is 17.0 Å². The summed E-state index contributed by atoms with van der Waals surface area (Å²) in [5.41, 5.74) is 0.926. The molecule has 1 N–H and O–H groups in total. The number of piperidine rings is 1. The summed E-state index contributed by atoms with van der Waals surface area (Å²) in [7, 11) is 1.61. The highest BCUT2D eigenvalue weighted by atomic mass is 16.6. The number of aromatic amines is 1. The van der Waals surface area contributed by atoms with Crippen molar-refractivity contribution >= 4 is 6.09 Å². The fraction of sp³-hybridized carbons (Fsp3) is 0.500. The van der Waals surface area contributed by atoms with Gasteiger partial charge in [-0.05, 0) is 45.7 Å². The summed E-state index contributed by atoms with van der Waals surface area (Å²) in [6.45, 7) is 6.71. The summed E-state index contributed by atoms with van der Waals surface area (Å²) in [5, 5.41) is 0. The topological polar surface area (TPSA) is 76.6 Å². The minimum absolute atomic E-state index is 0.0518. The minimum Gasteiger partial charge on any atom is -0.496 e. The molecule has 0 atom stereocenters. The van der Waals surface area contributed by atoms with E-state index in [1.54, 1.807) is 16.6 Å². The van der Waals surface area contributed by atoms with Crippen molar-refractivity contribution in [2.24, 2.45) is 0 Å². The molecule has 1 aliphatic rings. The number of hydrogen-bond donors (Lipinski definition) is 1. The number of nitrogens with zero attached hydrogens (tertiary/aromatic N) is 2. The zero-order valence-electron chi connectivity index (χ0n) is 16.3. The first kappa shape index (κ1) is 19.1. The predicted octanol–water partition coefficient (Wildman–Crippen LogP) is 3.42. The molecule has 1 aliphatic heterocycles. The lowest BCUT2D eigenvalue weighted by molar-refractivity contribution is 0.0187. The maximum atomic E-state index is 12.5. The van der Waals surface area contributed by atoms with E-state index in [2.05, 4.69) is 4.98 Å². The van der Waals surface area contributed by atoms with Crippen LogP contribution in [0.4, 0.5) is 4.79 Å². The lowest BCUT2D eigenvalue weighted by Crippen LogP contribution is -2.42. The number of carbonyl (C=O) groups is 1. The summed E-state index contributed by atoms with van der Waals surface area (Å²) < 4.78 is 12.5. The molecule has 1 amide bonds. The third kappa shape index (κ3) is 4.35. The average Bonchev–Trinajstić information content (AvgIpc) is 3.02. The second-order valence-corrected chi connectivity index (χ2v) is 7.78. The van der Waals surface area contributed by atoms with Gasteiger partial charge in [-0.2, -0.15) is 0 Å². The maximum absolute atomic E-state index is 12.5. The zero-order valence-corrected chi connectivity index (χ0v) is 16.3. The number of nitrogens with one attached hydrogen (secondary N) is 1. The number of amides is 1. The van der Waals surface area contributed by atoms with E-state index in [1.165, 1.54) is 0 Å². The first-order valence-corrected chi connectivity index (χ1v) is 9.21. The van der Waals surface area contributed by atoms with E-state index in [0.29, 0.717) is 31.7 Å². The molecule has 1 saturated heterocycles. The van der Waals surface area contributed by atoms with Crippen LogP contribution >= 0.6 is 0 Å². The minimum atomic E-state index is -0.505. The van der Waals surface area contributed by atoms with Crippen LogP contribution in [0, 0.1) is 0 Å². The van der Waals surface area contributed by atoms with Crippen molar-refractivity contribution in [1.82, 2.24) is 14.5 Å². The Labute approximate surface area is 158 Å². The Morgan fingerprint density at radius 3 is 2.48 bits per heavy atom. The van der Waals surface area contributed by atoms with Crippen LogP contribution in [-0.4, -0.2) is 46.3 Å². The van der Waals surface area contributed by atoms with Gasteiger partial charge in [0.1, 0.15) is 11.4 Å². The number of para-hydroxylation sites is 1. The molecule has 0 aliphatic carbocycles. The van der Waals surface area contributed by atoms with Crippen molar-refractivity contribution in [2.45, 2.75) is 45.3 Å². The fourth-order valence-corrected chi connectivity index (χ4v) is 3.34. The van der Waals surface area contributed by atoms with Gasteiger partial charge in [-0.15, -0.1) is 0 Å². The van der Waals surface area contributed by atoms with Gasteiger partial charge in [0.25, 0.3) is 0 Å². The molecular weight excluding hydrogens is 346 g/mol. The molecule has 3 rings (SSSR count). The third-order valence-electron chi connectivity index (χ3n) is 4.65. The highest BCUT2D eigenvalue weighted by Gasteiger charge is 2.28. The van der Waals surface area contributed by atoms with E-state index in [0.717, 1.165) is 11.3 Å². The number of rotatable bonds is 3. The molecule has 27 heavy (non-hydrogen) atoms. The highest BCUT2D eigenvalue weighted by molar-refractivity contribution is 5.68. The molecule has 0 bridgehead atoms. The Balaban J connectivity index is 1.72. The summed E-state index contributed by atoms with van der Waals surface area (Å²) in [6.07, 6.45) is 2.97. The van der Waals surface area contributed by atoms with E-state index >= 15 is 0 Å². The smallest absolute Gasteiger partial charge is 0.410 e. The van der Waals surface area contributed by atoms with Gasteiger partial charge >= 0.3 is 11.8 Å². The molecule has 1 fully saturated rings. The first-order chi connectivity index (χ1) is 12.8. The Morgan fingerprint density at radius 2 is 1.85 bits per heavy atom. The second-order valence-electron chi connectivity index (χ2n) is 7.78. The largest absolute Gasteiger partial charge is 0.496 e. The van der Waals surface area contributed by atoms with Crippen LogP contribution in [-0.2, 0) is 4.74 Å². The number of hydrogen-bond acceptors (Lipinski definition) is 4. The van der Waals surface area contributed by atoms with Crippen LogP contribution in [0.25, 0.3) is 11.3 Å². The van der Waals surface area contributed by atoms with E-state index < -0.39 is 5.60 Å². The van der Waals surface area contributed by atoms with E-state index in [-0.39, 0.29) is 17.8 Å². The molecule has 1 aromatic heterocycles. The lowest BCUT2D eigenvalue weighted by Gasteiger charge is -2.33. The summed E-state index contributed by atoms with van der Waals surface area (Å²) in [6, 6.07) is 7.64. The van der Waals surface area contributed by atoms with Gasteiger partial charge in [-0.1, -0.05) is 12.1 Å². The highest BCUT2D eigenvalue weighted by Crippen LogP contribution is 2.29. The molecule has 0 unspecified atom stereocenters. The standard InChI is InChI=1S/C20H27N3O4/c1-20(2,3)27-19(25)22-11-9-14(10-12-22)23-13-16(21-18(23)24)15-7-5-6-8-17(15)26-4/h5-8,13-14H,9-12H2,1-4H3,(H,21,24). The Bertz CT molecular complexity index is 855. The summed E-state index contributed by atoms with van der Waals surface area (Å²) >= 11 is 0. The monoisotopic (exact) mass is 373 g/mol. The number of likely N-dealkylation sites (tertiary alicyclic amines) is 1. The summed E-state index contributed by atoms with van der Waals surface area (Å²) in [5.74, 6) is 0.714. The number of benzene rings is 1. The zero-order chi connectivity index (χ0) is 19.6. The molecule has 0 spiro atoms. The Kier molecular flexibility index (Phi) is 5.30. The normalized spacial score (nSPS) is 15.6. The van der Waals surface area contributed by atoms with Crippen molar-refractivity contribution in [3.63, 3.8) is 0 Å². The molecule has 0 radical (unpaired) electrons. The predicted molar refractivity (Wildman–Crippen MR) is 103 cm³/mol. The number of ether oxygens (including phenoxy) is 2. The van der Waals surface area contributed by atoms with Gasteiger partial charge in [0, 0.05) is 30.9 Å². The number of methoxy groups -OCH3 is 1.